The summed E-state index contributed by atoms with van der Waals surface area (Å²) in [6.07, 6.45) is 6.88. The molecule has 1 atom stereocenters. The minimum Gasteiger partial charge on any atom is -0.463 e. The van der Waals surface area contributed by atoms with Gasteiger partial charge in [-0.3, -0.25) is 4.79 Å². The van der Waals surface area contributed by atoms with Crippen molar-refractivity contribution in [1.29, 1.82) is 0 Å². The van der Waals surface area contributed by atoms with E-state index in [9.17, 15) is 9.59 Å². The predicted molar refractivity (Wildman–Crippen MR) is 121 cm³/mol. The third-order valence-electron chi connectivity index (χ3n) is 6.17. The number of ketones is 1. The first-order chi connectivity index (χ1) is 13.9. The van der Waals surface area contributed by atoms with E-state index < -0.39 is 5.41 Å². The Kier molecular flexibility index (Phi) is 5.70. The van der Waals surface area contributed by atoms with Crippen LogP contribution in [0.1, 0.15) is 66.4 Å². The quantitative estimate of drug-likeness (QED) is 0.563. The fraction of sp³-hybridized carbons (Fsp3) is 0.481. The molecule has 2 aliphatic carbocycles. The molecule has 0 aromatic heterocycles. The second kappa shape index (κ2) is 7.68. The lowest BCUT2D eigenvalue weighted by Gasteiger charge is -2.41. The number of hydrogen-bond acceptors (Lipinski definition) is 3. The number of hydrogen-bond donors (Lipinski definition) is 0. The molecule has 3 rings (SSSR count). The van der Waals surface area contributed by atoms with Gasteiger partial charge in [-0.2, -0.15) is 0 Å². The average molecular weight is 407 g/mol. The molecule has 3 heteroatoms. The molecule has 1 aromatic carbocycles. The van der Waals surface area contributed by atoms with E-state index in [1.807, 2.05) is 31.2 Å². The van der Waals surface area contributed by atoms with E-state index in [1.54, 1.807) is 0 Å². The van der Waals surface area contributed by atoms with Gasteiger partial charge in [0.15, 0.2) is 5.78 Å². The summed E-state index contributed by atoms with van der Waals surface area (Å²) in [5.74, 6) is -0.164. The van der Waals surface area contributed by atoms with Gasteiger partial charge in [0, 0.05) is 28.1 Å². The Balaban J connectivity index is 2.32. The summed E-state index contributed by atoms with van der Waals surface area (Å²) in [5, 5.41) is 0. The maximum atomic E-state index is 13.5. The number of Topliss-reactive ketones (excluding diaryl/α,β-unsaturated/α-hetero) is 1. The first-order valence-electron chi connectivity index (χ1n) is 10.9. The zero-order chi connectivity index (χ0) is 22.3. The Morgan fingerprint density at radius 3 is 2.00 bits per heavy atom. The smallest absolute Gasteiger partial charge is 0.334 e. The molecule has 0 bridgehead atoms. The molecule has 0 saturated carbocycles. The normalized spacial score (nSPS) is 21.2. The molecule has 30 heavy (non-hydrogen) atoms. The maximum Gasteiger partial charge on any atom is 0.334 e. The molecule has 160 valence electrons. The van der Waals surface area contributed by atoms with Crippen molar-refractivity contribution in [2.24, 2.45) is 16.2 Å². The molecule has 0 radical (unpaired) electrons. The van der Waals surface area contributed by atoms with E-state index in [1.165, 1.54) is 0 Å². The van der Waals surface area contributed by atoms with Gasteiger partial charge in [0.25, 0.3) is 0 Å². The van der Waals surface area contributed by atoms with Crippen LogP contribution in [0.15, 0.2) is 65.3 Å². The number of carbonyl (C=O) groups excluding carboxylic acids is 2. The van der Waals surface area contributed by atoms with Gasteiger partial charge in [-0.15, -0.1) is 0 Å². The Hall–Kier alpha value is -2.42. The van der Waals surface area contributed by atoms with Crippen molar-refractivity contribution in [2.75, 3.05) is 6.61 Å². The van der Waals surface area contributed by atoms with Gasteiger partial charge >= 0.3 is 5.97 Å². The highest BCUT2D eigenvalue weighted by atomic mass is 16.5. The third kappa shape index (κ3) is 3.82. The van der Waals surface area contributed by atoms with Crippen molar-refractivity contribution in [3.05, 3.63) is 70.8 Å². The van der Waals surface area contributed by atoms with Crippen LogP contribution in [-0.4, -0.2) is 18.4 Å². The van der Waals surface area contributed by atoms with Crippen LogP contribution < -0.4 is 0 Å². The molecule has 0 N–H and O–H groups in total. The fourth-order valence-electron chi connectivity index (χ4n) is 4.63. The minimum absolute atomic E-state index is 0.0425. The van der Waals surface area contributed by atoms with Crippen LogP contribution in [0.5, 0.6) is 0 Å². The molecule has 3 nitrogen and oxygen atoms in total. The molecule has 0 heterocycles. The highest BCUT2D eigenvalue weighted by Gasteiger charge is 2.51. The number of benzene rings is 1. The fourth-order valence-corrected chi connectivity index (χ4v) is 4.63. The average Bonchev–Trinajstić information content (AvgIpc) is 3.01. The summed E-state index contributed by atoms with van der Waals surface area (Å²) in [6.45, 7) is 14.5. The number of carbonyl (C=O) groups is 2. The molecule has 1 aromatic rings. The van der Waals surface area contributed by atoms with Crippen molar-refractivity contribution in [3.63, 3.8) is 0 Å². The number of esters is 1. The highest BCUT2D eigenvalue weighted by Crippen LogP contribution is 2.57. The Labute approximate surface area is 180 Å². The number of ether oxygens (including phenoxy) is 1. The van der Waals surface area contributed by atoms with Crippen LogP contribution in [0.3, 0.4) is 0 Å². The maximum absolute atomic E-state index is 13.5. The van der Waals surface area contributed by atoms with Crippen LogP contribution in [-0.2, 0) is 14.3 Å². The lowest BCUT2D eigenvalue weighted by atomic mass is 9.60. The largest absolute Gasteiger partial charge is 0.463 e. The van der Waals surface area contributed by atoms with Crippen molar-refractivity contribution in [2.45, 2.75) is 60.8 Å². The molecule has 1 spiro atoms. The predicted octanol–water partition coefficient (Wildman–Crippen LogP) is 6.18. The topological polar surface area (TPSA) is 43.4 Å². The summed E-state index contributed by atoms with van der Waals surface area (Å²) >= 11 is 0. The van der Waals surface area contributed by atoms with Gasteiger partial charge in [-0.25, -0.2) is 4.79 Å². The summed E-state index contributed by atoms with van der Waals surface area (Å²) in [7, 11) is 0. The molecule has 0 amide bonds. The van der Waals surface area contributed by atoms with E-state index in [0.717, 1.165) is 23.1 Å². The van der Waals surface area contributed by atoms with Crippen LogP contribution in [0.4, 0.5) is 0 Å². The van der Waals surface area contributed by atoms with Gasteiger partial charge in [0.1, 0.15) is 0 Å². The minimum atomic E-state index is -0.688. The van der Waals surface area contributed by atoms with E-state index in [2.05, 4.69) is 65.8 Å². The van der Waals surface area contributed by atoms with E-state index in [4.69, 9.17) is 4.74 Å². The zero-order valence-electron chi connectivity index (χ0n) is 19.3. The SMILES string of the molecule is CCOC(=O)C1=CCC(c2ccccc2)C12C=C(C(C)(C)C)C(=O)C(C(C)(C)C)=C2. The van der Waals surface area contributed by atoms with Gasteiger partial charge in [0.2, 0.25) is 0 Å². The summed E-state index contributed by atoms with van der Waals surface area (Å²) in [4.78, 5) is 26.6. The number of allylic oxidation sites excluding steroid dienone is 5. The first-order valence-corrected chi connectivity index (χ1v) is 10.9. The van der Waals surface area contributed by atoms with Crippen LogP contribution >= 0.6 is 0 Å². The van der Waals surface area contributed by atoms with Crippen molar-refractivity contribution in [3.8, 4) is 0 Å². The Morgan fingerprint density at radius 2 is 1.53 bits per heavy atom. The van der Waals surface area contributed by atoms with E-state index in [0.29, 0.717) is 12.2 Å². The molecule has 2 aliphatic rings. The Morgan fingerprint density at radius 1 is 1.00 bits per heavy atom. The van der Waals surface area contributed by atoms with Crippen LogP contribution in [0, 0.1) is 16.2 Å². The van der Waals surface area contributed by atoms with Gasteiger partial charge in [-0.05, 0) is 29.7 Å². The Bertz CT molecular complexity index is 897. The van der Waals surface area contributed by atoms with Crippen molar-refractivity contribution < 1.29 is 14.3 Å². The molecular weight excluding hydrogens is 372 g/mol. The molecule has 0 fully saturated rings. The monoisotopic (exact) mass is 406 g/mol. The van der Waals surface area contributed by atoms with Gasteiger partial charge in [-0.1, -0.05) is 90.1 Å². The van der Waals surface area contributed by atoms with E-state index in [-0.39, 0.29) is 28.5 Å². The lowest BCUT2D eigenvalue weighted by Crippen LogP contribution is -2.37. The first kappa shape index (κ1) is 22.3. The summed E-state index contributed by atoms with van der Waals surface area (Å²) in [5.41, 5.74) is 2.00. The van der Waals surface area contributed by atoms with E-state index >= 15 is 0 Å². The van der Waals surface area contributed by atoms with Gasteiger partial charge in [0.05, 0.1) is 6.61 Å². The molecule has 0 saturated heterocycles. The number of rotatable bonds is 3. The zero-order valence-corrected chi connectivity index (χ0v) is 19.3. The van der Waals surface area contributed by atoms with Crippen LogP contribution in [0.25, 0.3) is 0 Å². The highest BCUT2D eigenvalue weighted by molar-refractivity contribution is 6.12. The van der Waals surface area contributed by atoms with Crippen molar-refractivity contribution in [1.82, 2.24) is 0 Å². The molecular formula is C27H34O3. The molecule has 1 unspecified atom stereocenters. The summed E-state index contributed by atoms with van der Waals surface area (Å²) < 4.78 is 5.46. The lowest BCUT2D eigenvalue weighted by molar-refractivity contribution is -0.139. The van der Waals surface area contributed by atoms with Crippen LogP contribution in [0.2, 0.25) is 0 Å². The van der Waals surface area contributed by atoms with Crippen molar-refractivity contribution >= 4 is 11.8 Å². The second-order valence-electron chi connectivity index (χ2n) is 10.4. The third-order valence-corrected chi connectivity index (χ3v) is 6.17. The second-order valence-corrected chi connectivity index (χ2v) is 10.4. The molecule has 0 aliphatic heterocycles. The van der Waals surface area contributed by atoms with Gasteiger partial charge < -0.3 is 4.74 Å². The standard InChI is InChI=1S/C27H34O3/c1-8-30-24(29)20-15-14-19(18-12-10-9-11-13-18)27(20)16-21(25(2,3)4)23(28)22(17-27)26(5,6)7/h9-13,15-17,19H,8,14H2,1-7H3. The summed E-state index contributed by atoms with van der Waals surface area (Å²) in [6, 6.07) is 10.3.